The molecule has 0 spiro atoms. The van der Waals surface area contributed by atoms with Crippen LogP contribution in [0.4, 0.5) is 0 Å². The number of likely N-dealkylation sites (tertiary alicyclic amines) is 1. The summed E-state index contributed by atoms with van der Waals surface area (Å²) in [4.78, 5) is 26.0. The lowest BCUT2D eigenvalue weighted by Gasteiger charge is -2.34. The Morgan fingerprint density at radius 3 is 2.68 bits per heavy atom. The first-order chi connectivity index (χ1) is 13.5. The summed E-state index contributed by atoms with van der Waals surface area (Å²) >= 11 is 0. The van der Waals surface area contributed by atoms with Crippen molar-refractivity contribution in [1.82, 2.24) is 10.2 Å². The molecule has 6 nitrogen and oxygen atoms in total. The number of benzene rings is 1. The van der Waals surface area contributed by atoms with Crippen LogP contribution >= 0.6 is 0 Å². The van der Waals surface area contributed by atoms with Gasteiger partial charge in [-0.15, -0.1) is 0 Å². The van der Waals surface area contributed by atoms with E-state index in [1.54, 1.807) is 6.92 Å². The van der Waals surface area contributed by atoms with Gasteiger partial charge in [0.1, 0.15) is 12.1 Å². The predicted molar refractivity (Wildman–Crippen MR) is 109 cm³/mol. The van der Waals surface area contributed by atoms with Crippen molar-refractivity contribution >= 4 is 11.9 Å². The Bertz CT molecular complexity index is 608. The second kappa shape index (κ2) is 11.8. The third kappa shape index (κ3) is 7.24. The monoisotopic (exact) mass is 390 g/mol. The number of hydrogen-bond acceptors (Lipinski definition) is 5. The van der Waals surface area contributed by atoms with E-state index in [1.807, 2.05) is 30.0 Å². The van der Waals surface area contributed by atoms with E-state index in [2.05, 4.69) is 17.4 Å². The molecule has 1 aliphatic rings. The number of aryl methyl sites for hydroxylation is 1. The Kier molecular flexibility index (Phi) is 9.44. The van der Waals surface area contributed by atoms with Crippen LogP contribution in [0.2, 0.25) is 0 Å². The van der Waals surface area contributed by atoms with Crippen molar-refractivity contribution < 1.29 is 19.4 Å². The van der Waals surface area contributed by atoms with Gasteiger partial charge in [-0.2, -0.15) is 0 Å². The first-order valence-corrected chi connectivity index (χ1v) is 10.4. The van der Waals surface area contributed by atoms with Gasteiger partial charge in [0, 0.05) is 12.6 Å². The number of carboxylic acid groups (broad SMARTS) is 1. The average molecular weight is 391 g/mol. The summed E-state index contributed by atoms with van der Waals surface area (Å²) in [5.41, 5.74) is 1.19. The highest BCUT2D eigenvalue weighted by Gasteiger charge is 2.28. The van der Waals surface area contributed by atoms with Gasteiger partial charge in [-0.25, -0.2) is 0 Å². The molecular weight excluding hydrogens is 356 g/mol. The molecular formula is C22H34N2O4. The van der Waals surface area contributed by atoms with Gasteiger partial charge in [0.2, 0.25) is 0 Å². The van der Waals surface area contributed by atoms with Crippen LogP contribution in [-0.4, -0.2) is 59.8 Å². The van der Waals surface area contributed by atoms with Gasteiger partial charge in [-0.3, -0.25) is 14.5 Å². The van der Waals surface area contributed by atoms with Crippen molar-refractivity contribution in [2.24, 2.45) is 0 Å². The van der Waals surface area contributed by atoms with Crippen LogP contribution in [0.3, 0.4) is 0 Å². The van der Waals surface area contributed by atoms with Gasteiger partial charge in [-0.1, -0.05) is 43.2 Å². The number of esters is 1. The maximum atomic E-state index is 12.5. The zero-order chi connectivity index (χ0) is 20.4. The molecule has 6 heteroatoms. The van der Waals surface area contributed by atoms with E-state index >= 15 is 0 Å². The number of ether oxygens (including phenoxy) is 1. The molecule has 3 atom stereocenters. The third-order valence-corrected chi connectivity index (χ3v) is 5.43. The molecule has 0 saturated carbocycles. The second-order valence-electron chi connectivity index (χ2n) is 7.55. The van der Waals surface area contributed by atoms with Gasteiger partial charge < -0.3 is 15.2 Å². The Hall–Kier alpha value is -1.92. The minimum absolute atomic E-state index is 0.0762. The molecule has 1 heterocycles. The highest BCUT2D eigenvalue weighted by molar-refractivity contribution is 5.75. The van der Waals surface area contributed by atoms with Crippen LogP contribution in [0.5, 0.6) is 0 Å². The molecule has 1 aliphatic heterocycles. The van der Waals surface area contributed by atoms with E-state index in [9.17, 15) is 14.7 Å². The molecule has 156 valence electrons. The van der Waals surface area contributed by atoms with Gasteiger partial charge in [-0.05, 0) is 51.6 Å². The number of carbonyl (C=O) groups is 2. The van der Waals surface area contributed by atoms with E-state index < -0.39 is 12.0 Å². The molecule has 2 N–H and O–H groups in total. The largest absolute Gasteiger partial charge is 0.480 e. The van der Waals surface area contributed by atoms with E-state index in [1.165, 1.54) is 5.56 Å². The molecule has 0 radical (unpaired) electrons. The van der Waals surface area contributed by atoms with Crippen molar-refractivity contribution in [2.75, 3.05) is 19.7 Å². The number of nitrogens with zero attached hydrogens (tertiary/aromatic N) is 1. The normalized spacial score (nSPS) is 20.6. The zero-order valence-electron chi connectivity index (χ0n) is 17.1. The lowest BCUT2D eigenvalue weighted by molar-refractivity contribution is -0.147. The van der Waals surface area contributed by atoms with Gasteiger partial charge in [0.15, 0.2) is 0 Å². The predicted octanol–water partition coefficient (Wildman–Crippen LogP) is 2.86. The summed E-state index contributed by atoms with van der Waals surface area (Å²) in [6.07, 6.45) is 5.56. The number of carboxylic acids is 1. The maximum Gasteiger partial charge on any atom is 0.323 e. The summed E-state index contributed by atoms with van der Waals surface area (Å²) in [6.45, 7) is 5.32. The van der Waals surface area contributed by atoms with Crippen molar-refractivity contribution in [3.8, 4) is 0 Å². The second-order valence-corrected chi connectivity index (χ2v) is 7.55. The Morgan fingerprint density at radius 2 is 2.00 bits per heavy atom. The summed E-state index contributed by atoms with van der Waals surface area (Å²) in [5, 5.41) is 12.9. The molecule has 0 bridgehead atoms. The third-order valence-electron chi connectivity index (χ3n) is 5.43. The number of nitrogens with one attached hydrogen (secondary N) is 1. The maximum absolute atomic E-state index is 12.5. The van der Waals surface area contributed by atoms with Crippen LogP contribution in [-0.2, 0) is 20.7 Å². The topological polar surface area (TPSA) is 78.9 Å². The summed E-state index contributed by atoms with van der Waals surface area (Å²) in [6, 6.07) is 9.29. The molecule has 0 amide bonds. The van der Waals surface area contributed by atoms with E-state index in [0.717, 1.165) is 38.6 Å². The SMILES string of the molecule is CCOC(=O)C(CCc1ccccc1)NC1CCCCCN(C(C)C(=O)O)C1. The Labute approximate surface area is 168 Å². The minimum Gasteiger partial charge on any atom is -0.480 e. The Morgan fingerprint density at radius 1 is 1.25 bits per heavy atom. The first-order valence-electron chi connectivity index (χ1n) is 10.4. The quantitative estimate of drug-likeness (QED) is 0.631. The van der Waals surface area contributed by atoms with Gasteiger partial charge in [0.05, 0.1) is 6.61 Å². The fourth-order valence-corrected chi connectivity index (χ4v) is 3.74. The number of rotatable bonds is 9. The van der Waals surface area contributed by atoms with E-state index in [4.69, 9.17) is 4.74 Å². The average Bonchev–Trinajstić information content (AvgIpc) is 2.67. The number of hydrogen-bond donors (Lipinski definition) is 2. The van der Waals surface area contributed by atoms with Crippen LogP contribution < -0.4 is 5.32 Å². The summed E-state index contributed by atoms with van der Waals surface area (Å²) in [5.74, 6) is -1.02. The van der Waals surface area contributed by atoms with Crippen molar-refractivity contribution in [3.63, 3.8) is 0 Å². The molecule has 2 rings (SSSR count). The molecule has 0 aliphatic carbocycles. The molecule has 28 heavy (non-hydrogen) atoms. The molecule has 1 aromatic carbocycles. The number of aliphatic carboxylic acids is 1. The Balaban J connectivity index is 2.03. The molecule has 3 unspecified atom stereocenters. The smallest absolute Gasteiger partial charge is 0.323 e. The van der Waals surface area contributed by atoms with Crippen molar-refractivity contribution in [1.29, 1.82) is 0 Å². The molecule has 1 fully saturated rings. The van der Waals surface area contributed by atoms with Crippen molar-refractivity contribution in [3.05, 3.63) is 35.9 Å². The minimum atomic E-state index is -0.801. The summed E-state index contributed by atoms with van der Waals surface area (Å²) < 4.78 is 5.29. The molecule has 1 aromatic rings. The molecule has 1 saturated heterocycles. The fourth-order valence-electron chi connectivity index (χ4n) is 3.74. The first kappa shape index (κ1) is 22.4. The van der Waals surface area contributed by atoms with Crippen LogP contribution in [0.25, 0.3) is 0 Å². The lowest BCUT2D eigenvalue weighted by atomic mass is 10.00. The van der Waals surface area contributed by atoms with Gasteiger partial charge in [0.25, 0.3) is 0 Å². The van der Waals surface area contributed by atoms with Crippen LogP contribution in [0, 0.1) is 0 Å². The van der Waals surface area contributed by atoms with Gasteiger partial charge >= 0.3 is 11.9 Å². The zero-order valence-corrected chi connectivity index (χ0v) is 17.1. The number of carbonyl (C=O) groups excluding carboxylic acids is 1. The van der Waals surface area contributed by atoms with E-state index in [-0.39, 0.29) is 18.1 Å². The standard InChI is InChI=1S/C22H34N2O4/c1-3-28-22(27)20(14-13-18-10-6-4-7-11-18)23-19-12-8-5-9-15-24(16-19)17(2)21(25)26/h4,6-7,10-11,17,19-20,23H,3,5,8-9,12-16H2,1-2H3,(H,25,26). The van der Waals surface area contributed by atoms with Crippen LogP contribution in [0.1, 0.15) is 51.5 Å². The lowest BCUT2D eigenvalue weighted by Crippen LogP contribution is -2.52. The van der Waals surface area contributed by atoms with Crippen LogP contribution in [0.15, 0.2) is 30.3 Å². The highest BCUT2D eigenvalue weighted by atomic mass is 16.5. The highest BCUT2D eigenvalue weighted by Crippen LogP contribution is 2.16. The summed E-state index contributed by atoms with van der Waals surface area (Å²) in [7, 11) is 0. The van der Waals surface area contributed by atoms with E-state index in [0.29, 0.717) is 19.6 Å². The molecule has 0 aromatic heterocycles. The van der Waals surface area contributed by atoms with Crippen molar-refractivity contribution in [2.45, 2.75) is 70.5 Å². The fraction of sp³-hybridized carbons (Fsp3) is 0.636.